The third-order valence-corrected chi connectivity index (χ3v) is 3.55. The minimum absolute atomic E-state index is 0.0807. The number of benzene rings is 2. The second-order valence-electron chi connectivity index (χ2n) is 5.24. The lowest BCUT2D eigenvalue weighted by Crippen LogP contribution is -2.27. The molecule has 25 heavy (non-hydrogen) atoms. The topological polar surface area (TPSA) is 79.5 Å². The van der Waals surface area contributed by atoms with E-state index in [1.807, 2.05) is 0 Å². The van der Waals surface area contributed by atoms with Crippen LogP contribution < -0.4 is 16.0 Å². The SMILES string of the molecule is COCCNC(=O)c1cccc(NCC(=O)Nc2ccc(Cl)cc2)c1. The third kappa shape index (κ3) is 6.45. The molecule has 0 aliphatic carbocycles. The number of carbonyl (C=O) groups excluding carboxylic acids is 2. The summed E-state index contributed by atoms with van der Waals surface area (Å²) in [4.78, 5) is 24.0. The Hall–Kier alpha value is -2.57. The predicted molar refractivity (Wildman–Crippen MR) is 99.2 cm³/mol. The molecule has 0 spiro atoms. The highest BCUT2D eigenvalue weighted by Crippen LogP contribution is 2.14. The minimum Gasteiger partial charge on any atom is -0.383 e. The first-order valence-corrected chi connectivity index (χ1v) is 8.13. The number of halogens is 1. The maximum absolute atomic E-state index is 12.0. The van der Waals surface area contributed by atoms with E-state index < -0.39 is 0 Å². The van der Waals surface area contributed by atoms with Gasteiger partial charge in [-0.25, -0.2) is 0 Å². The number of hydrogen-bond donors (Lipinski definition) is 3. The van der Waals surface area contributed by atoms with Gasteiger partial charge in [0.1, 0.15) is 0 Å². The number of amides is 2. The van der Waals surface area contributed by atoms with Crippen LogP contribution in [0, 0.1) is 0 Å². The Balaban J connectivity index is 1.85. The number of ether oxygens (including phenoxy) is 1. The van der Waals surface area contributed by atoms with Gasteiger partial charge < -0.3 is 20.7 Å². The maximum Gasteiger partial charge on any atom is 0.251 e. The van der Waals surface area contributed by atoms with Crippen LogP contribution in [0.3, 0.4) is 0 Å². The lowest BCUT2D eigenvalue weighted by atomic mass is 10.2. The second kappa shape index (κ2) is 9.66. The number of nitrogens with one attached hydrogen (secondary N) is 3. The first-order valence-electron chi connectivity index (χ1n) is 7.75. The molecular formula is C18H20ClN3O3. The van der Waals surface area contributed by atoms with Gasteiger partial charge in [0.2, 0.25) is 5.91 Å². The Morgan fingerprint density at radius 2 is 1.84 bits per heavy atom. The Bertz CT molecular complexity index is 720. The summed E-state index contributed by atoms with van der Waals surface area (Å²) in [6.07, 6.45) is 0. The van der Waals surface area contributed by atoms with Crippen LogP contribution in [0.15, 0.2) is 48.5 Å². The summed E-state index contributed by atoms with van der Waals surface area (Å²) >= 11 is 5.81. The fourth-order valence-corrected chi connectivity index (χ4v) is 2.19. The molecule has 6 nitrogen and oxygen atoms in total. The van der Waals surface area contributed by atoms with E-state index in [4.69, 9.17) is 16.3 Å². The van der Waals surface area contributed by atoms with E-state index >= 15 is 0 Å². The van der Waals surface area contributed by atoms with Gasteiger partial charge in [-0.05, 0) is 42.5 Å². The van der Waals surface area contributed by atoms with Crippen molar-refractivity contribution in [2.24, 2.45) is 0 Å². The molecule has 7 heteroatoms. The minimum atomic E-state index is -0.197. The Morgan fingerprint density at radius 3 is 2.56 bits per heavy atom. The largest absolute Gasteiger partial charge is 0.383 e. The molecule has 0 aliphatic rings. The van der Waals surface area contributed by atoms with E-state index in [0.717, 1.165) is 0 Å². The molecule has 2 rings (SSSR count). The molecular weight excluding hydrogens is 342 g/mol. The molecule has 0 bridgehead atoms. The summed E-state index contributed by atoms with van der Waals surface area (Å²) in [5, 5.41) is 9.11. The van der Waals surface area contributed by atoms with Crippen molar-refractivity contribution in [2.45, 2.75) is 0 Å². The van der Waals surface area contributed by atoms with Gasteiger partial charge >= 0.3 is 0 Å². The summed E-state index contributed by atoms with van der Waals surface area (Å²) in [6, 6.07) is 13.8. The average Bonchev–Trinajstić information content (AvgIpc) is 2.62. The summed E-state index contributed by atoms with van der Waals surface area (Å²) in [5.74, 6) is -0.386. The molecule has 0 radical (unpaired) electrons. The summed E-state index contributed by atoms with van der Waals surface area (Å²) in [6.45, 7) is 0.975. The Labute approximate surface area is 151 Å². The molecule has 2 aromatic rings. The first kappa shape index (κ1) is 18.8. The second-order valence-corrected chi connectivity index (χ2v) is 5.67. The summed E-state index contributed by atoms with van der Waals surface area (Å²) in [5.41, 5.74) is 1.87. The van der Waals surface area contributed by atoms with Crippen LogP contribution in [0.25, 0.3) is 0 Å². The van der Waals surface area contributed by atoms with Gasteiger partial charge in [-0.3, -0.25) is 9.59 Å². The lowest BCUT2D eigenvalue weighted by molar-refractivity contribution is -0.114. The van der Waals surface area contributed by atoms with Crippen molar-refractivity contribution in [3.05, 3.63) is 59.1 Å². The van der Waals surface area contributed by atoms with Gasteiger partial charge in [-0.2, -0.15) is 0 Å². The van der Waals surface area contributed by atoms with Crippen LogP contribution in [0.5, 0.6) is 0 Å². The number of rotatable bonds is 8. The molecule has 2 aromatic carbocycles. The predicted octanol–water partition coefficient (Wildman–Crippen LogP) is 2.77. The van der Waals surface area contributed by atoms with Gasteiger partial charge in [-0.15, -0.1) is 0 Å². The fraction of sp³-hybridized carbons (Fsp3) is 0.222. The van der Waals surface area contributed by atoms with Crippen molar-refractivity contribution in [2.75, 3.05) is 37.4 Å². The van der Waals surface area contributed by atoms with Crippen LogP contribution >= 0.6 is 11.6 Å². The monoisotopic (exact) mass is 361 g/mol. The van der Waals surface area contributed by atoms with E-state index in [1.165, 1.54) is 0 Å². The lowest BCUT2D eigenvalue weighted by Gasteiger charge is -2.10. The standard InChI is InChI=1S/C18H20ClN3O3/c1-25-10-9-20-18(24)13-3-2-4-16(11-13)21-12-17(23)22-15-7-5-14(19)6-8-15/h2-8,11,21H,9-10,12H2,1H3,(H,20,24)(H,22,23). The molecule has 0 fully saturated rings. The van der Waals surface area contributed by atoms with E-state index in [2.05, 4.69) is 16.0 Å². The zero-order valence-corrected chi connectivity index (χ0v) is 14.6. The van der Waals surface area contributed by atoms with E-state index in [9.17, 15) is 9.59 Å². The summed E-state index contributed by atoms with van der Waals surface area (Å²) in [7, 11) is 1.58. The third-order valence-electron chi connectivity index (χ3n) is 3.30. The van der Waals surface area contributed by atoms with Gasteiger partial charge in [0.25, 0.3) is 5.91 Å². The fourth-order valence-electron chi connectivity index (χ4n) is 2.06. The Morgan fingerprint density at radius 1 is 1.08 bits per heavy atom. The smallest absolute Gasteiger partial charge is 0.251 e. The zero-order chi connectivity index (χ0) is 18.1. The van der Waals surface area contributed by atoms with E-state index in [1.54, 1.807) is 55.6 Å². The Kier molecular flexibility index (Phi) is 7.25. The molecule has 132 valence electrons. The molecule has 0 saturated heterocycles. The number of hydrogen-bond acceptors (Lipinski definition) is 4. The van der Waals surface area contributed by atoms with Crippen molar-refractivity contribution < 1.29 is 14.3 Å². The molecule has 0 unspecified atom stereocenters. The molecule has 3 N–H and O–H groups in total. The summed E-state index contributed by atoms with van der Waals surface area (Å²) < 4.78 is 4.89. The molecule has 0 aromatic heterocycles. The zero-order valence-electron chi connectivity index (χ0n) is 13.8. The van der Waals surface area contributed by atoms with Crippen molar-refractivity contribution in [1.82, 2.24) is 5.32 Å². The molecule has 0 aliphatic heterocycles. The van der Waals surface area contributed by atoms with Crippen LogP contribution in [0.2, 0.25) is 5.02 Å². The van der Waals surface area contributed by atoms with E-state index in [-0.39, 0.29) is 18.4 Å². The van der Waals surface area contributed by atoms with Gasteiger partial charge in [0.05, 0.1) is 13.2 Å². The number of carbonyl (C=O) groups is 2. The van der Waals surface area contributed by atoms with Gasteiger partial charge in [0.15, 0.2) is 0 Å². The maximum atomic E-state index is 12.0. The molecule has 0 atom stereocenters. The van der Waals surface area contributed by atoms with E-state index in [0.29, 0.717) is 35.1 Å². The van der Waals surface area contributed by atoms with Crippen LogP contribution in [0.1, 0.15) is 10.4 Å². The highest BCUT2D eigenvalue weighted by molar-refractivity contribution is 6.30. The van der Waals surface area contributed by atoms with Crippen molar-refractivity contribution in [1.29, 1.82) is 0 Å². The molecule has 2 amide bonds. The van der Waals surface area contributed by atoms with Crippen LogP contribution in [-0.4, -0.2) is 38.6 Å². The van der Waals surface area contributed by atoms with Crippen molar-refractivity contribution >= 4 is 34.8 Å². The quantitative estimate of drug-likeness (QED) is 0.632. The highest BCUT2D eigenvalue weighted by atomic mass is 35.5. The molecule has 0 saturated carbocycles. The number of anilines is 2. The highest BCUT2D eigenvalue weighted by Gasteiger charge is 2.07. The van der Waals surface area contributed by atoms with Gasteiger partial charge in [0, 0.05) is 35.6 Å². The number of methoxy groups -OCH3 is 1. The first-order chi connectivity index (χ1) is 12.1. The average molecular weight is 362 g/mol. The normalized spacial score (nSPS) is 10.2. The van der Waals surface area contributed by atoms with Crippen LogP contribution in [-0.2, 0) is 9.53 Å². The molecule has 0 heterocycles. The van der Waals surface area contributed by atoms with Crippen LogP contribution in [0.4, 0.5) is 11.4 Å². The van der Waals surface area contributed by atoms with Gasteiger partial charge in [-0.1, -0.05) is 17.7 Å². The van der Waals surface area contributed by atoms with Crippen molar-refractivity contribution in [3.8, 4) is 0 Å². The van der Waals surface area contributed by atoms with Crippen molar-refractivity contribution in [3.63, 3.8) is 0 Å².